The van der Waals surface area contributed by atoms with E-state index in [1.807, 2.05) is 11.3 Å². The highest BCUT2D eigenvalue weighted by atomic mass is 79.9. The van der Waals surface area contributed by atoms with Crippen molar-refractivity contribution in [2.75, 3.05) is 5.33 Å². The number of halogens is 1. The molecule has 1 aromatic heterocycles. The van der Waals surface area contributed by atoms with E-state index in [0.717, 1.165) is 5.33 Å². The zero-order valence-electron chi connectivity index (χ0n) is 8.35. The van der Waals surface area contributed by atoms with Crippen LogP contribution in [-0.4, -0.2) is 5.33 Å². The number of hydrogen-bond donors (Lipinski definition) is 0. The molecule has 0 aliphatic heterocycles. The molecule has 1 unspecified atom stereocenters. The molecule has 0 aliphatic carbocycles. The SMILES string of the molecule is CCCC(C)(CBr)Cc1cccs1. The van der Waals surface area contributed by atoms with E-state index in [4.69, 9.17) is 0 Å². The minimum absolute atomic E-state index is 0.444. The van der Waals surface area contributed by atoms with Crippen LogP contribution in [0.2, 0.25) is 0 Å². The Labute approximate surface area is 93.5 Å². The van der Waals surface area contributed by atoms with Crippen molar-refractivity contribution in [2.45, 2.75) is 33.1 Å². The third kappa shape index (κ3) is 3.43. The smallest absolute Gasteiger partial charge is 0.00887 e. The topological polar surface area (TPSA) is 0 Å². The summed E-state index contributed by atoms with van der Waals surface area (Å²) >= 11 is 5.49. The van der Waals surface area contributed by atoms with Crippen LogP contribution in [0.25, 0.3) is 0 Å². The second kappa shape index (κ2) is 5.16. The van der Waals surface area contributed by atoms with Crippen molar-refractivity contribution in [3.8, 4) is 0 Å². The second-order valence-electron chi connectivity index (χ2n) is 3.95. The third-order valence-electron chi connectivity index (χ3n) is 2.36. The summed E-state index contributed by atoms with van der Waals surface area (Å²) in [4.78, 5) is 1.51. The molecule has 2 heteroatoms. The Morgan fingerprint density at radius 2 is 2.31 bits per heavy atom. The fourth-order valence-corrected chi connectivity index (χ4v) is 3.04. The lowest BCUT2D eigenvalue weighted by molar-refractivity contribution is 0.343. The van der Waals surface area contributed by atoms with Gasteiger partial charge in [0.15, 0.2) is 0 Å². The molecule has 0 saturated heterocycles. The monoisotopic (exact) mass is 260 g/mol. The van der Waals surface area contributed by atoms with Gasteiger partial charge in [0.1, 0.15) is 0 Å². The molecule has 74 valence electrons. The van der Waals surface area contributed by atoms with Gasteiger partial charge in [-0.05, 0) is 29.7 Å². The fraction of sp³-hybridized carbons (Fsp3) is 0.636. The lowest BCUT2D eigenvalue weighted by Crippen LogP contribution is -2.20. The van der Waals surface area contributed by atoms with Crippen LogP contribution in [0.15, 0.2) is 17.5 Å². The summed E-state index contributed by atoms with van der Waals surface area (Å²) in [6.45, 7) is 4.63. The number of rotatable bonds is 5. The maximum absolute atomic E-state index is 3.62. The Kier molecular flexibility index (Phi) is 4.47. The third-order valence-corrected chi connectivity index (χ3v) is 4.59. The Morgan fingerprint density at radius 1 is 1.54 bits per heavy atom. The highest BCUT2D eigenvalue weighted by Gasteiger charge is 2.22. The van der Waals surface area contributed by atoms with E-state index in [9.17, 15) is 0 Å². The van der Waals surface area contributed by atoms with Gasteiger partial charge in [0.25, 0.3) is 0 Å². The standard InChI is InChI=1S/C11H17BrS/c1-3-6-11(2,9-12)8-10-5-4-7-13-10/h4-5,7H,3,6,8-9H2,1-2H3. The molecule has 0 radical (unpaired) electrons. The average molecular weight is 261 g/mol. The molecule has 0 saturated carbocycles. The number of alkyl halides is 1. The van der Waals surface area contributed by atoms with Crippen LogP contribution in [0.3, 0.4) is 0 Å². The van der Waals surface area contributed by atoms with Gasteiger partial charge in [-0.15, -0.1) is 11.3 Å². The number of thiophene rings is 1. The average Bonchev–Trinajstić information content (AvgIpc) is 2.57. The lowest BCUT2D eigenvalue weighted by Gasteiger charge is -2.26. The van der Waals surface area contributed by atoms with E-state index >= 15 is 0 Å². The molecule has 0 aromatic carbocycles. The van der Waals surface area contributed by atoms with Crippen LogP contribution < -0.4 is 0 Å². The van der Waals surface area contributed by atoms with Crippen molar-refractivity contribution in [1.82, 2.24) is 0 Å². The van der Waals surface area contributed by atoms with Crippen molar-refractivity contribution in [2.24, 2.45) is 5.41 Å². The molecule has 1 heterocycles. The van der Waals surface area contributed by atoms with E-state index in [1.165, 1.54) is 24.1 Å². The molecule has 0 nitrogen and oxygen atoms in total. The molecule has 1 atom stereocenters. The molecule has 0 N–H and O–H groups in total. The first kappa shape index (κ1) is 11.3. The van der Waals surface area contributed by atoms with Crippen molar-refractivity contribution < 1.29 is 0 Å². The van der Waals surface area contributed by atoms with Crippen LogP contribution >= 0.6 is 27.3 Å². The summed E-state index contributed by atoms with van der Waals surface area (Å²) in [7, 11) is 0. The maximum atomic E-state index is 3.62. The van der Waals surface area contributed by atoms with Crippen molar-refractivity contribution in [3.05, 3.63) is 22.4 Å². The molecular formula is C11H17BrS. The molecule has 0 bridgehead atoms. The van der Waals surface area contributed by atoms with Crippen LogP contribution in [0.1, 0.15) is 31.6 Å². The highest BCUT2D eigenvalue weighted by Crippen LogP contribution is 2.31. The first-order valence-electron chi connectivity index (χ1n) is 4.78. The van der Waals surface area contributed by atoms with Gasteiger partial charge >= 0.3 is 0 Å². The zero-order valence-corrected chi connectivity index (χ0v) is 10.7. The molecule has 0 amide bonds. The predicted molar refractivity (Wildman–Crippen MR) is 64.8 cm³/mol. The van der Waals surface area contributed by atoms with E-state index in [0.29, 0.717) is 5.41 Å². The molecule has 0 aliphatic rings. The van der Waals surface area contributed by atoms with E-state index < -0.39 is 0 Å². The Balaban J connectivity index is 2.58. The van der Waals surface area contributed by atoms with Crippen molar-refractivity contribution >= 4 is 27.3 Å². The first-order chi connectivity index (χ1) is 6.20. The van der Waals surface area contributed by atoms with Gasteiger partial charge in [-0.25, -0.2) is 0 Å². The normalized spacial score (nSPS) is 15.6. The van der Waals surface area contributed by atoms with Gasteiger partial charge in [-0.1, -0.05) is 42.3 Å². The maximum Gasteiger partial charge on any atom is 0.00887 e. The van der Waals surface area contributed by atoms with Crippen molar-refractivity contribution in [1.29, 1.82) is 0 Å². The Morgan fingerprint density at radius 3 is 2.77 bits per heavy atom. The summed E-state index contributed by atoms with van der Waals surface area (Å²) < 4.78 is 0. The molecule has 1 rings (SSSR count). The quantitative estimate of drug-likeness (QED) is 0.685. The second-order valence-corrected chi connectivity index (χ2v) is 5.54. The first-order valence-corrected chi connectivity index (χ1v) is 6.78. The molecule has 0 fully saturated rings. The Bertz CT molecular complexity index is 230. The van der Waals surface area contributed by atoms with Gasteiger partial charge in [0.2, 0.25) is 0 Å². The van der Waals surface area contributed by atoms with Gasteiger partial charge in [-0.3, -0.25) is 0 Å². The summed E-state index contributed by atoms with van der Waals surface area (Å²) in [6, 6.07) is 4.38. The fourth-order valence-electron chi connectivity index (χ4n) is 1.64. The van der Waals surface area contributed by atoms with Crippen LogP contribution in [0.5, 0.6) is 0 Å². The largest absolute Gasteiger partial charge is 0.149 e. The Hall–Kier alpha value is 0.180. The van der Waals surface area contributed by atoms with Crippen LogP contribution in [0, 0.1) is 5.41 Å². The highest BCUT2D eigenvalue weighted by molar-refractivity contribution is 9.09. The van der Waals surface area contributed by atoms with Crippen molar-refractivity contribution in [3.63, 3.8) is 0 Å². The van der Waals surface area contributed by atoms with E-state index in [2.05, 4.69) is 47.3 Å². The molecule has 13 heavy (non-hydrogen) atoms. The van der Waals surface area contributed by atoms with Gasteiger partial charge in [-0.2, -0.15) is 0 Å². The summed E-state index contributed by atoms with van der Waals surface area (Å²) in [6.07, 6.45) is 3.79. The van der Waals surface area contributed by atoms with E-state index in [-0.39, 0.29) is 0 Å². The molecular weight excluding hydrogens is 244 g/mol. The summed E-state index contributed by atoms with van der Waals surface area (Å²) in [5.74, 6) is 0. The summed E-state index contributed by atoms with van der Waals surface area (Å²) in [5.41, 5.74) is 0.444. The molecule has 1 aromatic rings. The molecule has 0 spiro atoms. The van der Waals surface area contributed by atoms with Gasteiger partial charge < -0.3 is 0 Å². The minimum atomic E-state index is 0.444. The predicted octanol–water partition coefficient (Wildman–Crippen LogP) is 4.49. The zero-order chi connectivity index (χ0) is 9.73. The number of hydrogen-bond acceptors (Lipinski definition) is 1. The summed E-state index contributed by atoms with van der Waals surface area (Å²) in [5, 5.41) is 3.27. The van der Waals surface area contributed by atoms with Crippen LogP contribution in [0.4, 0.5) is 0 Å². The lowest BCUT2D eigenvalue weighted by atomic mass is 9.84. The van der Waals surface area contributed by atoms with Gasteiger partial charge in [0.05, 0.1) is 0 Å². The van der Waals surface area contributed by atoms with E-state index in [1.54, 1.807) is 0 Å². The van der Waals surface area contributed by atoms with Gasteiger partial charge in [0, 0.05) is 10.2 Å². The minimum Gasteiger partial charge on any atom is -0.149 e. The van der Waals surface area contributed by atoms with Crippen LogP contribution in [-0.2, 0) is 6.42 Å².